The van der Waals surface area contributed by atoms with Gasteiger partial charge in [-0.1, -0.05) is 60.7 Å². The molecule has 0 saturated heterocycles. The van der Waals surface area contributed by atoms with Crippen LogP contribution in [0.4, 0.5) is 5.69 Å². The molecular weight excluding hydrogens is 316 g/mol. The van der Waals surface area contributed by atoms with E-state index in [2.05, 4.69) is 72.8 Å². The van der Waals surface area contributed by atoms with Gasteiger partial charge in [0.1, 0.15) is 0 Å². The summed E-state index contributed by atoms with van der Waals surface area (Å²) in [6.07, 6.45) is 1.02. The molecule has 0 spiro atoms. The molecule has 26 heavy (non-hydrogen) atoms. The minimum Gasteiger partial charge on any atom is -0.378 e. The summed E-state index contributed by atoms with van der Waals surface area (Å²) in [5, 5.41) is 9.82. The molecule has 2 atom stereocenters. The van der Waals surface area contributed by atoms with E-state index in [0.29, 0.717) is 5.92 Å². The summed E-state index contributed by atoms with van der Waals surface area (Å²) in [5.41, 5.74) is 7.07. The molecule has 1 aliphatic carbocycles. The molecule has 2 heteroatoms. The molecule has 0 heterocycles. The number of rotatable bonds is 3. The topological polar surface area (TPSA) is 27.0 Å². The zero-order valence-corrected chi connectivity index (χ0v) is 15.2. The summed E-state index contributed by atoms with van der Waals surface area (Å²) in [4.78, 5) is 2.04. The maximum Gasteiger partial charge on any atom is 0.0995 e. The highest BCUT2D eigenvalue weighted by molar-refractivity contribution is 5.58. The Morgan fingerprint density at radius 2 is 1.62 bits per heavy atom. The van der Waals surface area contributed by atoms with E-state index in [1.807, 2.05) is 25.1 Å². The predicted molar refractivity (Wildman–Crippen MR) is 107 cm³/mol. The van der Waals surface area contributed by atoms with Crippen LogP contribution in [-0.2, 0) is 6.42 Å². The SMILES string of the molecule is CN(C)c1ccc(C2c3ccccc3CC2c2ccccc2)c(C#N)c1. The first-order valence-corrected chi connectivity index (χ1v) is 9.03. The molecule has 4 rings (SSSR count). The minimum absolute atomic E-state index is 0.222. The number of fused-ring (bicyclic) bond motifs is 1. The maximum absolute atomic E-state index is 9.82. The molecule has 0 N–H and O–H groups in total. The van der Waals surface area contributed by atoms with Crippen molar-refractivity contribution in [2.75, 3.05) is 19.0 Å². The fraction of sp³-hybridized carbons (Fsp3) is 0.208. The number of anilines is 1. The zero-order chi connectivity index (χ0) is 18.1. The van der Waals surface area contributed by atoms with Gasteiger partial charge in [0.15, 0.2) is 0 Å². The minimum atomic E-state index is 0.222. The van der Waals surface area contributed by atoms with Crippen molar-refractivity contribution < 1.29 is 0 Å². The van der Waals surface area contributed by atoms with Gasteiger partial charge >= 0.3 is 0 Å². The van der Waals surface area contributed by atoms with E-state index in [0.717, 1.165) is 23.2 Å². The molecule has 1 aliphatic rings. The van der Waals surface area contributed by atoms with Gasteiger partial charge < -0.3 is 4.90 Å². The molecule has 128 valence electrons. The third-order valence-electron chi connectivity index (χ3n) is 5.47. The van der Waals surface area contributed by atoms with E-state index in [4.69, 9.17) is 0 Å². The summed E-state index contributed by atoms with van der Waals surface area (Å²) in [5.74, 6) is 0.588. The summed E-state index contributed by atoms with van der Waals surface area (Å²) < 4.78 is 0. The molecule has 3 aromatic rings. The first-order chi connectivity index (χ1) is 12.7. The van der Waals surface area contributed by atoms with Crippen LogP contribution in [0, 0.1) is 11.3 Å². The number of hydrogen-bond donors (Lipinski definition) is 0. The second-order valence-electron chi connectivity index (χ2n) is 7.18. The number of nitrogens with zero attached hydrogens (tertiary/aromatic N) is 2. The van der Waals surface area contributed by atoms with Crippen LogP contribution in [0.5, 0.6) is 0 Å². The third kappa shape index (κ3) is 2.76. The standard InChI is InChI=1S/C24H22N2/c1-26(2)20-12-13-22(19(14-20)16-25)24-21-11-7-6-10-18(21)15-23(24)17-8-4-3-5-9-17/h3-14,23-24H,15H2,1-2H3. The second kappa shape index (κ2) is 6.69. The maximum atomic E-state index is 9.82. The molecule has 0 aliphatic heterocycles. The van der Waals surface area contributed by atoms with Crippen LogP contribution in [-0.4, -0.2) is 14.1 Å². The Morgan fingerprint density at radius 3 is 2.35 bits per heavy atom. The molecule has 0 saturated carbocycles. The third-order valence-corrected chi connectivity index (χ3v) is 5.47. The molecule has 0 aromatic heterocycles. The van der Waals surface area contributed by atoms with Crippen molar-refractivity contribution >= 4 is 5.69 Å². The van der Waals surface area contributed by atoms with E-state index in [1.54, 1.807) is 0 Å². The van der Waals surface area contributed by atoms with Crippen LogP contribution < -0.4 is 4.90 Å². The van der Waals surface area contributed by atoms with Crippen LogP contribution in [0.1, 0.15) is 39.7 Å². The summed E-state index contributed by atoms with van der Waals surface area (Å²) >= 11 is 0. The number of nitriles is 1. The highest BCUT2D eigenvalue weighted by Crippen LogP contribution is 2.48. The molecule has 2 nitrogen and oxygen atoms in total. The Hall–Kier alpha value is -3.05. The first-order valence-electron chi connectivity index (χ1n) is 9.03. The molecule has 0 radical (unpaired) electrons. The van der Waals surface area contributed by atoms with E-state index in [1.165, 1.54) is 16.7 Å². The molecule has 0 bridgehead atoms. The van der Waals surface area contributed by atoms with E-state index in [-0.39, 0.29) is 5.92 Å². The summed E-state index contributed by atoms with van der Waals surface area (Å²) in [6.45, 7) is 0. The van der Waals surface area contributed by atoms with E-state index in [9.17, 15) is 5.26 Å². The molecule has 0 fully saturated rings. The van der Waals surface area contributed by atoms with Gasteiger partial charge in [0.05, 0.1) is 11.6 Å². The lowest BCUT2D eigenvalue weighted by molar-refractivity contribution is 0.655. The Labute approximate surface area is 155 Å². The van der Waals surface area contributed by atoms with Gasteiger partial charge in [-0.05, 0) is 46.7 Å². The van der Waals surface area contributed by atoms with Crippen LogP contribution in [0.25, 0.3) is 0 Å². The van der Waals surface area contributed by atoms with Gasteiger partial charge in [0.2, 0.25) is 0 Å². The van der Waals surface area contributed by atoms with Gasteiger partial charge in [-0.15, -0.1) is 0 Å². The summed E-state index contributed by atoms with van der Waals surface area (Å²) in [7, 11) is 4.02. The first kappa shape index (κ1) is 16.4. The zero-order valence-electron chi connectivity index (χ0n) is 15.2. The van der Waals surface area contributed by atoms with Crippen LogP contribution in [0.2, 0.25) is 0 Å². The van der Waals surface area contributed by atoms with Crippen LogP contribution in [0.15, 0.2) is 72.8 Å². The number of hydrogen-bond acceptors (Lipinski definition) is 2. The van der Waals surface area contributed by atoms with Crippen LogP contribution in [0.3, 0.4) is 0 Å². The molecule has 2 unspecified atom stereocenters. The lowest BCUT2D eigenvalue weighted by Crippen LogP contribution is -2.12. The van der Waals surface area contributed by atoms with Crippen molar-refractivity contribution in [3.63, 3.8) is 0 Å². The van der Waals surface area contributed by atoms with E-state index >= 15 is 0 Å². The van der Waals surface area contributed by atoms with Gasteiger partial charge in [0.25, 0.3) is 0 Å². The van der Waals surface area contributed by atoms with Gasteiger partial charge in [-0.25, -0.2) is 0 Å². The lowest BCUT2D eigenvalue weighted by atomic mass is 9.80. The largest absolute Gasteiger partial charge is 0.378 e. The number of benzene rings is 3. The van der Waals surface area contributed by atoms with Crippen molar-refractivity contribution in [3.05, 3.63) is 101 Å². The van der Waals surface area contributed by atoms with Crippen molar-refractivity contribution in [2.45, 2.75) is 18.3 Å². The monoisotopic (exact) mass is 338 g/mol. The smallest absolute Gasteiger partial charge is 0.0995 e. The Bertz CT molecular complexity index is 967. The highest BCUT2D eigenvalue weighted by atomic mass is 15.1. The van der Waals surface area contributed by atoms with Gasteiger partial charge in [-0.2, -0.15) is 5.26 Å². The fourth-order valence-electron chi connectivity index (χ4n) is 4.18. The van der Waals surface area contributed by atoms with Crippen molar-refractivity contribution in [1.29, 1.82) is 5.26 Å². The Morgan fingerprint density at radius 1 is 0.885 bits per heavy atom. The summed E-state index contributed by atoms with van der Waals surface area (Å²) in [6, 6.07) is 28.1. The average molecular weight is 338 g/mol. The lowest BCUT2D eigenvalue weighted by Gasteiger charge is -2.24. The van der Waals surface area contributed by atoms with Gasteiger partial charge in [-0.3, -0.25) is 0 Å². The Kier molecular flexibility index (Phi) is 4.22. The van der Waals surface area contributed by atoms with Gasteiger partial charge in [0, 0.05) is 25.7 Å². The molecule has 3 aromatic carbocycles. The van der Waals surface area contributed by atoms with E-state index < -0.39 is 0 Å². The fourth-order valence-corrected chi connectivity index (χ4v) is 4.18. The molecule has 0 amide bonds. The predicted octanol–water partition coefficient (Wildman–Crippen LogP) is 5.10. The Balaban J connectivity index is 1.88. The van der Waals surface area contributed by atoms with Crippen molar-refractivity contribution in [2.24, 2.45) is 0 Å². The van der Waals surface area contributed by atoms with Crippen molar-refractivity contribution in [3.8, 4) is 6.07 Å². The average Bonchev–Trinajstić information content (AvgIpc) is 3.07. The van der Waals surface area contributed by atoms with Crippen molar-refractivity contribution in [1.82, 2.24) is 0 Å². The van der Waals surface area contributed by atoms with Crippen LogP contribution >= 0.6 is 0 Å². The quantitative estimate of drug-likeness (QED) is 0.664. The highest BCUT2D eigenvalue weighted by Gasteiger charge is 2.35. The molecular formula is C24H22N2. The second-order valence-corrected chi connectivity index (χ2v) is 7.18. The normalized spacial score (nSPS) is 18.2.